The minimum Gasteiger partial charge on any atom is -0.490 e. The van der Waals surface area contributed by atoms with Gasteiger partial charge in [0.05, 0.1) is 24.1 Å². The average Bonchev–Trinajstić information content (AvgIpc) is 3.37. The Morgan fingerprint density at radius 1 is 0.580 bits per heavy atom. The zero-order valence-corrected chi connectivity index (χ0v) is 42.3. The third kappa shape index (κ3) is 14.3. The van der Waals surface area contributed by atoms with Crippen molar-refractivity contribution in [2.75, 3.05) is 62.2 Å². The van der Waals surface area contributed by atoms with Crippen LogP contribution in [0.2, 0.25) is 0 Å². The van der Waals surface area contributed by atoms with Crippen LogP contribution in [0.5, 0.6) is 11.5 Å². The van der Waals surface area contributed by atoms with E-state index in [0.717, 1.165) is 118 Å². The fraction of sp³-hybridized carbons (Fsp3) is 0.492. The molecule has 0 amide bonds. The second-order valence-electron chi connectivity index (χ2n) is 21.9. The minimum atomic E-state index is 0.334. The van der Waals surface area contributed by atoms with Gasteiger partial charge in [-0.25, -0.2) is 9.97 Å². The van der Waals surface area contributed by atoms with Crippen LogP contribution in [-0.2, 0) is 6.54 Å². The lowest BCUT2D eigenvalue weighted by atomic mass is 9.72. The van der Waals surface area contributed by atoms with E-state index in [9.17, 15) is 4.79 Å². The number of aldehydes is 1. The van der Waals surface area contributed by atoms with E-state index >= 15 is 0 Å². The molecule has 366 valence electrons. The highest BCUT2D eigenvalue weighted by Gasteiger charge is 2.32. The molecule has 69 heavy (non-hydrogen) atoms. The molecule has 6 aromatic rings. The van der Waals surface area contributed by atoms with Gasteiger partial charge >= 0.3 is 0 Å². The van der Waals surface area contributed by atoms with Gasteiger partial charge in [0.25, 0.3) is 0 Å². The fourth-order valence-electron chi connectivity index (χ4n) is 10.6. The van der Waals surface area contributed by atoms with Crippen molar-refractivity contribution in [3.63, 3.8) is 0 Å². The summed E-state index contributed by atoms with van der Waals surface area (Å²) in [6, 6.07) is 31.4. The van der Waals surface area contributed by atoms with Gasteiger partial charge in [0.2, 0.25) is 5.95 Å². The topological polar surface area (TPSA) is 96.0 Å². The Morgan fingerprint density at radius 3 is 1.65 bits per heavy atom. The Labute approximate surface area is 412 Å². The van der Waals surface area contributed by atoms with Crippen LogP contribution in [0.3, 0.4) is 0 Å². The van der Waals surface area contributed by atoms with Gasteiger partial charge < -0.3 is 24.6 Å². The molecule has 0 radical (unpaired) electrons. The van der Waals surface area contributed by atoms with Gasteiger partial charge in [-0.1, -0.05) is 77.9 Å². The maximum absolute atomic E-state index is 10.9. The Balaban J connectivity index is 0.000000157. The molecular weight excluding hydrogens is 855 g/mol. The minimum absolute atomic E-state index is 0.334. The second kappa shape index (κ2) is 23.4. The first kappa shape index (κ1) is 49.8. The number of ether oxygens (including phenoxy) is 2. The SMILES string of the molecule is CC(C)(C)C1CCC(Oc2ccc3cc(C=O)ccc3c2)CC1.CC(C)(C)C1CCC(Oc2ccc3cc(CN4CCN(c5cccnc5)CC4)ccc3c2)CC1.c1cnc(N2CCNCC2)nc1. The van der Waals surface area contributed by atoms with E-state index in [4.69, 9.17) is 9.47 Å². The van der Waals surface area contributed by atoms with E-state index in [1.807, 2.05) is 54.9 Å². The van der Waals surface area contributed by atoms with E-state index in [0.29, 0.717) is 28.6 Å². The normalized spacial score (nSPS) is 21.4. The Morgan fingerprint density at radius 2 is 1.12 bits per heavy atom. The lowest BCUT2D eigenvalue weighted by molar-refractivity contribution is 0.0881. The summed E-state index contributed by atoms with van der Waals surface area (Å²) in [6.45, 7) is 23.5. The number of pyridine rings is 1. The first-order valence-corrected chi connectivity index (χ1v) is 25.8. The number of hydrogen-bond acceptors (Lipinski definition) is 10. The van der Waals surface area contributed by atoms with Crippen molar-refractivity contribution in [3.8, 4) is 11.5 Å². The van der Waals surface area contributed by atoms with Gasteiger partial charge in [-0.15, -0.1) is 0 Å². The van der Waals surface area contributed by atoms with Crippen LogP contribution in [0.1, 0.15) is 109 Å². The first-order valence-electron chi connectivity index (χ1n) is 25.8. The van der Waals surface area contributed by atoms with Crippen LogP contribution < -0.4 is 24.6 Å². The molecule has 2 aromatic heterocycles. The molecule has 0 spiro atoms. The number of hydrogen-bond donors (Lipinski definition) is 1. The van der Waals surface area contributed by atoms with Crippen LogP contribution in [0.4, 0.5) is 11.6 Å². The van der Waals surface area contributed by atoms with E-state index in [1.54, 1.807) is 12.4 Å². The summed E-state index contributed by atoms with van der Waals surface area (Å²) in [6.07, 6.45) is 18.7. The van der Waals surface area contributed by atoms with Gasteiger partial charge in [0, 0.05) is 83.1 Å². The van der Waals surface area contributed by atoms with Gasteiger partial charge in [0.1, 0.15) is 17.8 Å². The highest BCUT2D eigenvalue weighted by atomic mass is 16.5. The molecule has 10 rings (SSSR count). The summed E-state index contributed by atoms with van der Waals surface area (Å²) in [5.41, 5.74) is 4.15. The number of benzene rings is 4. The molecule has 4 fully saturated rings. The Hall–Kier alpha value is -5.58. The van der Waals surface area contributed by atoms with Crippen molar-refractivity contribution in [2.45, 2.75) is 112 Å². The monoisotopic (exact) mass is 932 g/mol. The van der Waals surface area contributed by atoms with Crippen LogP contribution in [0.25, 0.3) is 21.5 Å². The third-order valence-electron chi connectivity index (χ3n) is 15.0. The average molecular weight is 932 g/mol. The number of fused-ring (bicyclic) bond motifs is 2. The molecule has 0 unspecified atom stereocenters. The number of rotatable bonds is 9. The molecule has 2 saturated heterocycles. The molecule has 4 aliphatic rings. The fourth-order valence-corrected chi connectivity index (χ4v) is 10.6. The van der Waals surface area contributed by atoms with E-state index in [-0.39, 0.29) is 0 Å². The van der Waals surface area contributed by atoms with Crippen LogP contribution in [-0.4, -0.2) is 90.7 Å². The zero-order valence-electron chi connectivity index (χ0n) is 42.3. The molecule has 2 aliphatic heterocycles. The van der Waals surface area contributed by atoms with E-state index < -0.39 is 0 Å². The summed E-state index contributed by atoms with van der Waals surface area (Å²) in [7, 11) is 0. The molecule has 2 aliphatic carbocycles. The molecule has 0 atom stereocenters. The van der Waals surface area contributed by atoms with Crippen molar-refractivity contribution in [2.24, 2.45) is 22.7 Å². The van der Waals surface area contributed by atoms with Gasteiger partial charge in [-0.2, -0.15) is 0 Å². The predicted octanol–water partition coefficient (Wildman–Crippen LogP) is 12.1. The van der Waals surface area contributed by atoms with Crippen molar-refractivity contribution in [1.29, 1.82) is 0 Å². The van der Waals surface area contributed by atoms with Gasteiger partial charge in [-0.3, -0.25) is 14.7 Å². The van der Waals surface area contributed by atoms with Crippen molar-refractivity contribution < 1.29 is 14.3 Å². The molecular formula is C59H77N7O3. The number of anilines is 2. The maximum Gasteiger partial charge on any atom is 0.225 e. The highest BCUT2D eigenvalue weighted by Crippen LogP contribution is 2.40. The highest BCUT2D eigenvalue weighted by molar-refractivity contribution is 5.89. The largest absolute Gasteiger partial charge is 0.490 e. The van der Waals surface area contributed by atoms with Crippen LogP contribution in [0, 0.1) is 22.7 Å². The molecule has 10 heteroatoms. The number of nitrogens with zero attached hydrogens (tertiary/aromatic N) is 6. The van der Waals surface area contributed by atoms with Gasteiger partial charge in [-0.05, 0) is 156 Å². The number of carbonyl (C=O) groups excluding carboxylic acids is 1. The lowest BCUT2D eigenvalue weighted by Gasteiger charge is -2.37. The van der Waals surface area contributed by atoms with Crippen LogP contribution in [0.15, 0.2) is 116 Å². The van der Waals surface area contributed by atoms with Crippen LogP contribution >= 0.6 is 0 Å². The molecule has 4 aromatic carbocycles. The number of piperazine rings is 2. The van der Waals surface area contributed by atoms with Crippen molar-refractivity contribution in [1.82, 2.24) is 25.2 Å². The second-order valence-corrected chi connectivity index (χ2v) is 21.9. The summed E-state index contributed by atoms with van der Waals surface area (Å²) < 4.78 is 12.6. The number of nitrogens with one attached hydrogen (secondary N) is 1. The van der Waals surface area contributed by atoms with E-state index in [2.05, 4.69) is 125 Å². The molecule has 0 bridgehead atoms. The molecule has 1 N–H and O–H groups in total. The van der Waals surface area contributed by atoms with Gasteiger partial charge in [0.15, 0.2) is 0 Å². The predicted molar refractivity (Wildman–Crippen MR) is 284 cm³/mol. The van der Waals surface area contributed by atoms with Crippen molar-refractivity contribution in [3.05, 3.63) is 127 Å². The summed E-state index contributed by atoms with van der Waals surface area (Å²) in [4.78, 5) is 30.7. The third-order valence-corrected chi connectivity index (χ3v) is 15.0. The summed E-state index contributed by atoms with van der Waals surface area (Å²) in [5, 5.41) is 8.06. The standard InChI is InChI=1S/C30H39N3O.C21H26O2.C8H12N4/c1-30(2,3)26-9-12-28(13-10-26)34-29-11-8-24-19-23(6-7-25(24)20-29)22-32-15-17-33(18-16-32)27-5-4-14-31-21-27;1-21(2,3)18-7-10-19(11-8-18)23-20-9-6-16-12-15(14-22)4-5-17(16)13-20;1-2-10-8(11-3-1)12-6-4-9-5-7-12/h4-8,11,14,19-21,26,28H,9-10,12-13,15-18,22H2,1-3H3;4-6,9,12-14,18-19H,7-8,10-11H2,1-3H3;1-3,9H,4-7H2. The zero-order chi connectivity index (χ0) is 48.2. The molecule has 4 heterocycles. The Bertz CT molecular complexity index is 2510. The maximum atomic E-state index is 10.9. The smallest absolute Gasteiger partial charge is 0.225 e. The lowest BCUT2D eigenvalue weighted by Crippen LogP contribution is -2.46. The number of carbonyl (C=O) groups is 1. The molecule has 10 nitrogen and oxygen atoms in total. The van der Waals surface area contributed by atoms with E-state index in [1.165, 1.54) is 60.5 Å². The Kier molecular flexibility index (Phi) is 16.9. The van der Waals surface area contributed by atoms with Crippen molar-refractivity contribution >= 4 is 39.5 Å². The molecule has 2 saturated carbocycles. The number of aromatic nitrogens is 3. The first-order chi connectivity index (χ1) is 33.4. The quantitative estimate of drug-likeness (QED) is 0.141. The summed E-state index contributed by atoms with van der Waals surface area (Å²) in [5.74, 6) is 4.43. The summed E-state index contributed by atoms with van der Waals surface area (Å²) >= 11 is 0.